The summed E-state index contributed by atoms with van der Waals surface area (Å²) in [4.78, 5) is 13.9. The number of carbonyl (C=O) groups is 1. The fraction of sp³-hybridized carbons (Fsp3) is 0.917. The van der Waals surface area contributed by atoms with Gasteiger partial charge in [0.25, 0.3) is 0 Å². The number of hydrogen-bond acceptors (Lipinski definition) is 3. The first-order chi connectivity index (χ1) is 6.97. The maximum absolute atomic E-state index is 11.7. The van der Waals surface area contributed by atoms with E-state index in [9.17, 15) is 4.79 Å². The molecule has 0 aromatic heterocycles. The Hall–Kier alpha value is -0.410. The van der Waals surface area contributed by atoms with Crippen LogP contribution in [0.15, 0.2) is 0 Å². The van der Waals surface area contributed by atoms with E-state index in [0.717, 1.165) is 39.0 Å². The largest absolute Gasteiger partial charge is 0.314 e. The van der Waals surface area contributed by atoms with Crippen molar-refractivity contribution in [1.29, 1.82) is 0 Å². The first-order valence-corrected chi connectivity index (χ1v) is 5.92. The van der Waals surface area contributed by atoms with Gasteiger partial charge in [-0.1, -0.05) is 20.8 Å². The third kappa shape index (κ3) is 5.90. The first kappa shape index (κ1) is 12.7. The van der Waals surface area contributed by atoms with Crippen LogP contribution >= 0.6 is 0 Å². The Balaban J connectivity index is 2.17. The van der Waals surface area contributed by atoms with Gasteiger partial charge in [0.1, 0.15) is 5.78 Å². The number of ketones is 1. The van der Waals surface area contributed by atoms with Crippen molar-refractivity contribution in [2.75, 3.05) is 32.7 Å². The third-order valence-corrected chi connectivity index (χ3v) is 2.76. The summed E-state index contributed by atoms with van der Waals surface area (Å²) in [5, 5.41) is 3.29. The van der Waals surface area contributed by atoms with Crippen molar-refractivity contribution in [3.05, 3.63) is 0 Å². The van der Waals surface area contributed by atoms with Crippen molar-refractivity contribution in [3.63, 3.8) is 0 Å². The lowest BCUT2D eigenvalue weighted by Gasteiger charge is -2.27. The average molecular weight is 212 g/mol. The zero-order chi connectivity index (χ0) is 11.3. The zero-order valence-corrected chi connectivity index (χ0v) is 10.3. The van der Waals surface area contributed by atoms with Crippen LogP contribution in [0.2, 0.25) is 0 Å². The molecule has 3 heteroatoms. The quantitative estimate of drug-likeness (QED) is 0.762. The fourth-order valence-electron chi connectivity index (χ4n) is 1.71. The molecule has 0 atom stereocenters. The normalized spacial score (nSPS) is 19.1. The van der Waals surface area contributed by atoms with Gasteiger partial charge in [-0.05, 0) is 11.8 Å². The molecule has 0 saturated carbocycles. The Kier molecular flexibility index (Phi) is 4.74. The van der Waals surface area contributed by atoms with Crippen molar-refractivity contribution in [1.82, 2.24) is 10.2 Å². The molecular formula is C12H24N2O. The van der Waals surface area contributed by atoms with E-state index in [4.69, 9.17) is 0 Å². The SMILES string of the molecule is CC(C)(C)CCC(=O)CN1CCNCC1. The average Bonchev–Trinajstić information content (AvgIpc) is 2.15. The van der Waals surface area contributed by atoms with E-state index in [-0.39, 0.29) is 5.41 Å². The van der Waals surface area contributed by atoms with Crippen LogP contribution in [0.25, 0.3) is 0 Å². The highest BCUT2D eigenvalue weighted by atomic mass is 16.1. The van der Waals surface area contributed by atoms with Gasteiger partial charge in [-0.15, -0.1) is 0 Å². The highest BCUT2D eigenvalue weighted by Crippen LogP contribution is 2.20. The standard InChI is InChI=1S/C12H24N2O/c1-12(2,3)5-4-11(15)10-14-8-6-13-7-9-14/h13H,4-10H2,1-3H3. The minimum absolute atomic E-state index is 0.277. The minimum Gasteiger partial charge on any atom is -0.314 e. The van der Waals surface area contributed by atoms with Gasteiger partial charge < -0.3 is 5.32 Å². The molecule has 88 valence electrons. The lowest BCUT2D eigenvalue weighted by atomic mass is 9.89. The van der Waals surface area contributed by atoms with Gasteiger partial charge in [0.15, 0.2) is 0 Å². The molecule has 3 nitrogen and oxygen atoms in total. The summed E-state index contributed by atoms with van der Waals surface area (Å²) < 4.78 is 0. The number of hydrogen-bond donors (Lipinski definition) is 1. The van der Waals surface area contributed by atoms with Gasteiger partial charge in [-0.25, -0.2) is 0 Å². The molecule has 0 unspecified atom stereocenters. The second kappa shape index (κ2) is 5.61. The van der Waals surface area contributed by atoms with Crippen molar-refractivity contribution < 1.29 is 4.79 Å². The van der Waals surface area contributed by atoms with Gasteiger partial charge in [-0.3, -0.25) is 9.69 Å². The van der Waals surface area contributed by atoms with E-state index < -0.39 is 0 Å². The maximum Gasteiger partial charge on any atom is 0.146 e. The van der Waals surface area contributed by atoms with Crippen LogP contribution in [0.4, 0.5) is 0 Å². The van der Waals surface area contributed by atoms with Crippen LogP contribution in [0.3, 0.4) is 0 Å². The van der Waals surface area contributed by atoms with Gasteiger partial charge in [0.2, 0.25) is 0 Å². The Labute approximate surface area is 93.2 Å². The molecule has 1 heterocycles. The summed E-state index contributed by atoms with van der Waals surface area (Å²) in [6, 6.07) is 0. The van der Waals surface area contributed by atoms with E-state index in [0.29, 0.717) is 12.3 Å². The lowest BCUT2D eigenvalue weighted by molar-refractivity contribution is -0.120. The number of nitrogens with zero attached hydrogens (tertiary/aromatic N) is 1. The number of Topliss-reactive ketones (excluding diaryl/α,β-unsaturated/α-hetero) is 1. The highest BCUT2D eigenvalue weighted by molar-refractivity contribution is 5.80. The predicted octanol–water partition coefficient (Wildman–Crippen LogP) is 1.29. The lowest BCUT2D eigenvalue weighted by Crippen LogP contribution is -2.45. The van der Waals surface area contributed by atoms with E-state index in [2.05, 4.69) is 31.0 Å². The Morgan fingerprint density at radius 2 is 1.87 bits per heavy atom. The van der Waals surface area contributed by atoms with Crippen molar-refractivity contribution in [3.8, 4) is 0 Å². The monoisotopic (exact) mass is 212 g/mol. The molecule has 0 aliphatic carbocycles. The van der Waals surface area contributed by atoms with Gasteiger partial charge in [0.05, 0.1) is 6.54 Å². The number of rotatable bonds is 4. The summed E-state index contributed by atoms with van der Waals surface area (Å²) >= 11 is 0. The molecule has 1 N–H and O–H groups in total. The Morgan fingerprint density at radius 3 is 2.40 bits per heavy atom. The summed E-state index contributed by atoms with van der Waals surface area (Å²) in [6.45, 7) is 11.3. The molecule has 15 heavy (non-hydrogen) atoms. The molecule has 1 aliphatic rings. The molecule has 1 rings (SSSR count). The Bertz CT molecular complexity index is 202. The topological polar surface area (TPSA) is 32.3 Å². The van der Waals surface area contributed by atoms with Gasteiger partial charge >= 0.3 is 0 Å². The van der Waals surface area contributed by atoms with Crippen molar-refractivity contribution in [2.24, 2.45) is 5.41 Å². The van der Waals surface area contributed by atoms with Gasteiger partial charge in [0, 0.05) is 32.6 Å². The number of nitrogens with one attached hydrogen (secondary N) is 1. The molecule has 1 saturated heterocycles. The molecule has 1 aliphatic heterocycles. The molecule has 1 fully saturated rings. The zero-order valence-electron chi connectivity index (χ0n) is 10.3. The van der Waals surface area contributed by atoms with Crippen LogP contribution in [-0.4, -0.2) is 43.4 Å². The smallest absolute Gasteiger partial charge is 0.146 e. The van der Waals surface area contributed by atoms with Crippen LogP contribution in [0.1, 0.15) is 33.6 Å². The second-order valence-electron chi connectivity index (χ2n) is 5.63. The number of piperazine rings is 1. The van der Waals surface area contributed by atoms with Crippen molar-refractivity contribution in [2.45, 2.75) is 33.6 Å². The van der Waals surface area contributed by atoms with Crippen LogP contribution in [0, 0.1) is 5.41 Å². The minimum atomic E-state index is 0.277. The van der Waals surface area contributed by atoms with Crippen LogP contribution in [-0.2, 0) is 4.79 Å². The summed E-state index contributed by atoms with van der Waals surface area (Å²) in [5.41, 5.74) is 0.277. The fourth-order valence-corrected chi connectivity index (χ4v) is 1.71. The van der Waals surface area contributed by atoms with Crippen LogP contribution in [0.5, 0.6) is 0 Å². The molecule has 0 aromatic carbocycles. The summed E-state index contributed by atoms with van der Waals surface area (Å²) in [6.07, 6.45) is 1.73. The first-order valence-electron chi connectivity index (χ1n) is 5.92. The summed E-state index contributed by atoms with van der Waals surface area (Å²) in [5.74, 6) is 0.395. The Morgan fingerprint density at radius 1 is 1.27 bits per heavy atom. The van der Waals surface area contributed by atoms with E-state index in [1.807, 2.05) is 0 Å². The molecule has 0 amide bonds. The molecular weight excluding hydrogens is 188 g/mol. The second-order valence-corrected chi connectivity index (χ2v) is 5.63. The third-order valence-electron chi connectivity index (χ3n) is 2.76. The molecule has 0 bridgehead atoms. The van der Waals surface area contributed by atoms with Gasteiger partial charge in [-0.2, -0.15) is 0 Å². The van der Waals surface area contributed by atoms with Crippen LogP contribution < -0.4 is 5.32 Å². The van der Waals surface area contributed by atoms with E-state index in [1.54, 1.807) is 0 Å². The molecule has 0 radical (unpaired) electrons. The predicted molar refractivity (Wildman–Crippen MR) is 63.0 cm³/mol. The van der Waals surface area contributed by atoms with Crippen molar-refractivity contribution >= 4 is 5.78 Å². The van der Waals surface area contributed by atoms with E-state index in [1.165, 1.54) is 0 Å². The maximum atomic E-state index is 11.7. The molecule has 0 spiro atoms. The summed E-state index contributed by atoms with van der Waals surface area (Å²) in [7, 11) is 0. The highest BCUT2D eigenvalue weighted by Gasteiger charge is 2.16. The number of carbonyl (C=O) groups excluding carboxylic acids is 1. The molecule has 0 aromatic rings. The van der Waals surface area contributed by atoms with E-state index >= 15 is 0 Å².